The number of hydrogen-bond donors (Lipinski definition) is 2. The van der Waals surface area contributed by atoms with E-state index in [1.165, 1.54) is 4.90 Å². The molecule has 6 heteroatoms. The molecule has 0 atom stereocenters. The molecule has 0 aromatic carbocycles. The minimum atomic E-state index is -0.900. The molecule has 0 aliphatic heterocycles. The van der Waals surface area contributed by atoms with Crippen molar-refractivity contribution in [1.82, 2.24) is 9.80 Å². The van der Waals surface area contributed by atoms with Gasteiger partial charge in [0.2, 0.25) is 0 Å². The van der Waals surface area contributed by atoms with E-state index in [1.807, 2.05) is 0 Å². The minimum absolute atomic E-state index is 0.0325. The molecule has 1 fully saturated rings. The van der Waals surface area contributed by atoms with Crippen LogP contribution in [0.1, 0.15) is 19.3 Å². The number of carbonyl (C=O) groups excluding carboxylic acids is 1. The monoisotopic (exact) mass is 230 g/mol. The number of carbonyl (C=O) groups is 2. The van der Waals surface area contributed by atoms with Gasteiger partial charge in [0.05, 0.1) is 13.0 Å². The molecule has 0 aromatic heterocycles. The van der Waals surface area contributed by atoms with Crippen molar-refractivity contribution in [2.24, 2.45) is 0 Å². The molecule has 1 aliphatic carbocycles. The standard InChI is InChI=1S/C10H18N2O4/c1-11(6-7-13)10(16)12(8-2-3-8)5-4-9(14)15/h8,13H,2-7H2,1H3,(H,14,15). The first kappa shape index (κ1) is 12.8. The fraction of sp³-hybridized carbons (Fsp3) is 0.800. The number of aliphatic hydroxyl groups excluding tert-OH is 1. The van der Waals surface area contributed by atoms with E-state index < -0.39 is 5.97 Å². The predicted molar refractivity (Wildman–Crippen MR) is 57.1 cm³/mol. The predicted octanol–water partition coefficient (Wildman–Crippen LogP) is -0.0304. The molecule has 1 saturated carbocycles. The van der Waals surface area contributed by atoms with Gasteiger partial charge in [-0.1, -0.05) is 0 Å². The molecule has 1 rings (SSSR count). The second kappa shape index (κ2) is 5.69. The zero-order chi connectivity index (χ0) is 12.1. The number of aliphatic hydroxyl groups is 1. The summed E-state index contributed by atoms with van der Waals surface area (Å²) in [4.78, 5) is 25.4. The quantitative estimate of drug-likeness (QED) is 0.671. The van der Waals surface area contributed by atoms with E-state index >= 15 is 0 Å². The fourth-order valence-electron chi connectivity index (χ4n) is 1.50. The summed E-state index contributed by atoms with van der Waals surface area (Å²) in [5, 5.41) is 17.3. The van der Waals surface area contributed by atoms with E-state index in [2.05, 4.69) is 0 Å². The summed E-state index contributed by atoms with van der Waals surface area (Å²) in [5.41, 5.74) is 0. The van der Waals surface area contributed by atoms with E-state index in [9.17, 15) is 9.59 Å². The van der Waals surface area contributed by atoms with Crippen molar-refractivity contribution < 1.29 is 19.8 Å². The van der Waals surface area contributed by atoms with Crippen LogP contribution in [0.3, 0.4) is 0 Å². The molecular formula is C10H18N2O4. The highest BCUT2D eigenvalue weighted by Crippen LogP contribution is 2.27. The second-order valence-electron chi connectivity index (χ2n) is 4.00. The van der Waals surface area contributed by atoms with Gasteiger partial charge in [0.15, 0.2) is 0 Å². The molecule has 2 amide bonds. The Bertz CT molecular complexity index is 266. The van der Waals surface area contributed by atoms with Crippen molar-refractivity contribution in [1.29, 1.82) is 0 Å². The first-order valence-electron chi connectivity index (χ1n) is 5.40. The van der Waals surface area contributed by atoms with Crippen LogP contribution >= 0.6 is 0 Å². The highest BCUT2D eigenvalue weighted by atomic mass is 16.4. The number of carboxylic acid groups (broad SMARTS) is 1. The zero-order valence-corrected chi connectivity index (χ0v) is 9.43. The lowest BCUT2D eigenvalue weighted by atomic mass is 10.3. The highest BCUT2D eigenvalue weighted by molar-refractivity contribution is 5.76. The van der Waals surface area contributed by atoms with Crippen LogP contribution in [-0.2, 0) is 4.79 Å². The zero-order valence-electron chi connectivity index (χ0n) is 9.43. The topological polar surface area (TPSA) is 81.1 Å². The van der Waals surface area contributed by atoms with Gasteiger partial charge in [-0.25, -0.2) is 4.79 Å². The van der Waals surface area contributed by atoms with E-state index in [0.29, 0.717) is 0 Å². The Morgan fingerprint density at radius 2 is 1.94 bits per heavy atom. The van der Waals surface area contributed by atoms with Gasteiger partial charge in [0.25, 0.3) is 0 Å². The summed E-state index contributed by atoms with van der Waals surface area (Å²) < 4.78 is 0. The number of nitrogens with zero attached hydrogens (tertiary/aromatic N) is 2. The summed E-state index contributed by atoms with van der Waals surface area (Å²) in [6.07, 6.45) is 1.85. The van der Waals surface area contributed by atoms with Crippen LogP contribution < -0.4 is 0 Å². The van der Waals surface area contributed by atoms with Crippen LogP contribution in [0.25, 0.3) is 0 Å². The van der Waals surface area contributed by atoms with Crippen LogP contribution in [0.2, 0.25) is 0 Å². The van der Waals surface area contributed by atoms with Crippen LogP contribution in [-0.4, -0.2) is 64.8 Å². The Kier molecular flexibility index (Phi) is 4.54. The first-order valence-corrected chi connectivity index (χ1v) is 5.40. The second-order valence-corrected chi connectivity index (χ2v) is 4.00. The molecule has 0 saturated heterocycles. The third kappa shape index (κ3) is 3.69. The van der Waals surface area contributed by atoms with Gasteiger partial charge >= 0.3 is 12.0 Å². The molecule has 0 spiro atoms. The van der Waals surface area contributed by atoms with Gasteiger partial charge < -0.3 is 20.0 Å². The number of rotatable bonds is 6. The molecule has 92 valence electrons. The van der Waals surface area contributed by atoms with Crippen LogP contribution in [0.4, 0.5) is 4.79 Å². The van der Waals surface area contributed by atoms with Gasteiger partial charge in [-0.2, -0.15) is 0 Å². The molecule has 6 nitrogen and oxygen atoms in total. The Hall–Kier alpha value is -1.30. The molecule has 16 heavy (non-hydrogen) atoms. The van der Waals surface area contributed by atoms with Crippen molar-refractivity contribution in [3.05, 3.63) is 0 Å². The maximum Gasteiger partial charge on any atom is 0.320 e. The molecule has 0 radical (unpaired) electrons. The lowest BCUT2D eigenvalue weighted by Crippen LogP contribution is -2.44. The summed E-state index contributed by atoms with van der Waals surface area (Å²) in [6, 6.07) is -0.00853. The lowest BCUT2D eigenvalue weighted by Gasteiger charge is -2.27. The Balaban J connectivity index is 2.48. The van der Waals surface area contributed by atoms with Crippen LogP contribution in [0.15, 0.2) is 0 Å². The molecule has 0 aromatic rings. The molecular weight excluding hydrogens is 212 g/mol. The summed E-state index contributed by atoms with van der Waals surface area (Å²) in [7, 11) is 1.61. The average molecular weight is 230 g/mol. The van der Waals surface area contributed by atoms with Crippen molar-refractivity contribution in [3.8, 4) is 0 Å². The maximum absolute atomic E-state index is 11.9. The smallest absolute Gasteiger partial charge is 0.320 e. The largest absolute Gasteiger partial charge is 0.481 e. The van der Waals surface area contributed by atoms with Gasteiger partial charge in [-0.05, 0) is 12.8 Å². The number of aliphatic carboxylic acids is 1. The highest BCUT2D eigenvalue weighted by Gasteiger charge is 2.33. The Morgan fingerprint density at radius 3 is 2.38 bits per heavy atom. The van der Waals surface area contributed by atoms with Crippen LogP contribution in [0, 0.1) is 0 Å². The van der Waals surface area contributed by atoms with E-state index in [1.54, 1.807) is 11.9 Å². The number of hydrogen-bond acceptors (Lipinski definition) is 3. The SMILES string of the molecule is CN(CCO)C(=O)N(CCC(=O)O)C1CC1. The van der Waals surface area contributed by atoms with Crippen molar-refractivity contribution in [2.45, 2.75) is 25.3 Å². The summed E-state index contributed by atoms with van der Waals surface area (Å²) >= 11 is 0. The number of amides is 2. The van der Waals surface area contributed by atoms with E-state index in [0.717, 1.165) is 12.8 Å². The van der Waals surface area contributed by atoms with Crippen molar-refractivity contribution >= 4 is 12.0 Å². The summed E-state index contributed by atoms with van der Waals surface area (Å²) in [6.45, 7) is 0.434. The van der Waals surface area contributed by atoms with Gasteiger partial charge in [0.1, 0.15) is 0 Å². The Morgan fingerprint density at radius 1 is 1.31 bits per heavy atom. The Labute approximate surface area is 94.4 Å². The van der Waals surface area contributed by atoms with Gasteiger partial charge in [-0.15, -0.1) is 0 Å². The normalized spacial score (nSPS) is 14.6. The van der Waals surface area contributed by atoms with Crippen molar-refractivity contribution in [2.75, 3.05) is 26.7 Å². The molecule has 0 unspecified atom stereocenters. The third-order valence-electron chi connectivity index (χ3n) is 2.56. The molecule has 0 heterocycles. The number of likely N-dealkylation sites (N-methyl/N-ethyl adjacent to an activating group) is 1. The third-order valence-corrected chi connectivity index (χ3v) is 2.56. The summed E-state index contributed by atoms with van der Waals surface area (Å²) in [5.74, 6) is -0.900. The van der Waals surface area contributed by atoms with Gasteiger partial charge in [0, 0.05) is 26.2 Å². The van der Waals surface area contributed by atoms with Gasteiger partial charge in [-0.3, -0.25) is 4.79 Å². The number of urea groups is 1. The maximum atomic E-state index is 11.9. The minimum Gasteiger partial charge on any atom is -0.481 e. The van der Waals surface area contributed by atoms with Crippen LogP contribution in [0.5, 0.6) is 0 Å². The molecule has 0 bridgehead atoms. The number of carboxylic acids is 1. The molecule has 1 aliphatic rings. The average Bonchev–Trinajstić information content (AvgIpc) is 3.01. The first-order chi connectivity index (χ1) is 7.56. The van der Waals surface area contributed by atoms with E-state index in [-0.39, 0.29) is 38.2 Å². The lowest BCUT2D eigenvalue weighted by molar-refractivity contribution is -0.137. The van der Waals surface area contributed by atoms with E-state index in [4.69, 9.17) is 10.2 Å². The fourth-order valence-corrected chi connectivity index (χ4v) is 1.50. The van der Waals surface area contributed by atoms with Crippen molar-refractivity contribution in [3.63, 3.8) is 0 Å². The molecule has 2 N–H and O–H groups in total.